The van der Waals surface area contributed by atoms with Crippen LogP contribution in [0.25, 0.3) is 0 Å². The van der Waals surface area contributed by atoms with Crippen LogP contribution in [0.2, 0.25) is 0 Å². The number of unbranched alkanes of at least 4 members (excludes halogenated alkanes) is 25. The molecule has 362 valence electrons. The van der Waals surface area contributed by atoms with Gasteiger partial charge in [0.25, 0.3) is 0 Å². The Morgan fingerprint density at radius 3 is 1.40 bits per heavy atom. The fourth-order valence-corrected chi connectivity index (χ4v) is 7.64. The molecular weight excluding hydrogens is 779 g/mol. The lowest BCUT2D eigenvalue weighted by molar-refractivity contribution is -0.151. The van der Waals surface area contributed by atoms with E-state index in [1.807, 2.05) is 60.8 Å². The number of nitrogens with one attached hydrogen (secondary N) is 1. The standard InChI is InChI=1S/C57H99NO5/c1-4-7-10-13-16-19-22-25-27-28-30-32-34-37-40-43-46-49-55(60)54(52-59)58-56(61)51-53(48-45-42-39-36-33-31-29-26-23-20-17-14-11-8-5-2)63-57(62)50-47-44-41-38-35-24-21-18-15-12-9-6-3/h8,11,14,17-18,20-21,23,26,29,31,33,36,39,53-55,59-60H,4-7,9-10,12-13,15-16,19,22,24-25,27-28,30,32,34-35,37-38,40-52H2,1-3H3,(H,58,61)/b11-8-,17-14+,21-18-,23-20+,29-26-,33-31+,39-36+. The smallest absolute Gasteiger partial charge is 0.306 e. The van der Waals surface area contributed by atoms with E-state index in [1.165, 1.54) is 128 Å². The maximum absolute atomic E-state index is 13.2. The van der Waals surface area contributed by atoms with Gasteiger partial charge in [-0.2, -0.15) is 0 Å². The van der Waals surface area contributed by atoms with Gasteiger partial charge in [0.05, 0.1) is 25.2 Å². The summed E-state index contributed by atoms with van der Waals surface area (Å²) in [6, 6.07) is -0.731. The molecule has 0 aliphatic rings. The molecular formula is C57H99NO5. The first kappa shape index (κ1) is 60.0. The molecule has 0 fully saturated rings. The number of esters is 1. The van der Waals surface area contributed by atoms with Crippen molar-refractivity contribution in [2.45, 2.75) is 257 Å². The summed E-state index contributed by atoms with van der Waals surface area (Å²) in [5, 5.41) is 23.8. The minimum atomic E-state index is -0.813. The second kappa shape index (κ2) is 50.0. The number of aliphatic hydroxyl groups excluding tert-OH is 2. The zero-order valence-corrected chi connectivity index (χ0v) is 41.2. The first-order valence-electron chi connectivity index (χ1n) is 26.4. The predicted molar refractivity (Wildman–Crippen MR) is 273 cm³/mol. The van der Waals surface area contributed by atoms with Crippen molar-refractivity contribution in [3.8, 4) is 0 Å². The molecule has 0 heterocycles. The Kier molecular flexibility index (Phi) is 47.7. The van der Waals surface area contributed by atoms with Gasteiger partial charge in [-0.1, -0.05) is 247 Å². The average molecular weight is 878 g/mol. The zero-order valence-electron chi connectivity index (χ0n) is 41.2. The van der Waals surface area contributed by atoms with Crippen molar-refractivity contribution in [3.05, 3.63) is 85.1 Å². The van der Waals surface area contributed by atoms with Gasteiger partial charge < -0.3 is 20.3 Å². The highest BCUT2D eigenvalue weighted by molar-refractivity contribution is 5.77. The van der Waals surface area contributed by atoms with E-state index < -0.39 is 18.2 Å². The van der Waals surface area contributed by atoms with Crippen molar-refractivity contribution in [3.63, 3.8) is 0 Å². The molecule has 0 aromatic heterocycles. The Morgan fingerprint density at radius 2 is 0.889 bits per heavy atom. The lowest BCUT2D eigenvalue weighted by Crippen LogP contribution is -2.46. The van der Waals surface area contributed by atoms with E-state index in [9.17, 15) is 19.8 Å². The van der Waals surface area contributed by atoms with Crippen LogP contribution in [-0.2, 0) is 14.3 Å². The SMILES string of the molecule is CC\C=C/C=C/C=C/C=C\C=C\C=C\CCCC(CC(=O)NC(CO)C(O)CCCCCCCCCCCCCCCCCCC)OC(=O)CCCCCCC/C=C\CCCCC. The Bertz CT molecular complexity index is 1210. The first-order chi connectivity index (χ1) is 31.0. The van der Waals surface area contributed by atoms with Crippen LogP contribution in [0.3, 0.4) is 0 Å². The van der Waals surface area contributed by atoms with E-state index in [0.29, 0.717) is 19.3 Å². The van der Waals surface area contributed by atoms with Gasteiger partial charge in [-0.15, -0.1) is 0 Å². The monoisotopic (exact) mass is 878 g/mol. The van der Waals surface area contributed by atoms with E-state index in [1.54, 1.807) is 0 Å². The number of ether oxygens (including phenoxy) is 1. The minimum Gasteiger partial charge on any atom is -0.462 e. The highest BCUT2D eigenvalue weighted by atomic mass is 16.5. The molecule has 0 aromatic carbocycles. The third-order valence-corrected chi connectivity index (χ3v) is 11.6. The molecule has 0 saturated carbocycles. The van der Waals surface area contributed by atoms with E-state index >= 15 is 0 Å². The molecule has 0 aromatic rings. The molecule has 3 N–H and O–H groups in total. The Morgan fingerprint density at radius 1 is 0.476 bits per heavy atom. The van der Waals surface area contributed by atoms with Gasteiger partial charge in [0, 0.05) is 6.42 Å². The summed E-state index contributed by atoms with van der Waals surface area (Å²) in [7, 11) is 0. The summed E-state index contributed by atoms with van der Waals surface area (Å²) in [6.45, 7) is 6.30. The van der Waals surface area contributed by atoms with Crippen molar-refractivity contribution in [2.75, 3.05) is 6.61 Å². The third kappa shape index (κ3) is 45.4. The Labute approximate surface area is 389 Å². The van der Waals surface area contributed by atoms with Gasteiger partial charge in [-0.25, -0.2) is 0 Å². The van der Waals surface area contributed by atoms with Crippen molar-refractivity contribution in [1.29, 1.82) is 0 Å². The van der Waals surface area contributed by atoms with Crippen LogP contribution in [-0.4, -0.2) is 46.9 Å². The van der Waals surface area contributed by atoms with Crippen molar-refractivity contribution in [2.24, 2.45) is 0 Å². The summed E-state index contributed by atoms with van der Waals surface area (Å²) >= 11 is 0. The van der Waals surface area contributed by atoms with Gasteiger partial charge in [0.1, 0.15) is 6.10 Å². The molecule has 0 aliphatic carbocycles. The maximum atomic E-state index is 13.2. The molecule has 0 spiro atoms. The van der Waals surface area contributed by atoms with Gasteiger partial charge in [0.2, 0.25) is 5.91 Å². The fraction of sp³-hybridized carbons (Fsp3) is 0.719. The van der Waals surface area contributed by atoms with Gasteiger partial charge in [-0.3, -0.25) is 9.59 Å². The topological polar surface area (TPSA) is 95.9 Å². The molecule has 0 rings (SSSR count). The Hall–Kier alpha value is -2.96. The molecule has 0 aliphatic heterocycles. The summed E-state index contributed by atoms with van der Waals surface area (Å²) in [5.41, 5.74) is 0. The molecule has 3 atom stereocenters. The van der Waals surface area contributed by atoms with Crippen LogP contribution in [0.1, 0.15) is 239 Å². The van der Waals surface area contributed by atoms with E-state index in [2.05, 4.69) is 50.4 Å². The van der Waals surface area contributed by atoms with Crippen LogP contribution in [0.5, 0.6) is 0 Å². The van der Waals surface area contributed by atoms with Crippen LogP contribution in [0, 0.1) is 0 Å². The molecule has 0 saturated heterocycles. The second-order valence-corrected chi connectivity index (χ2v) is 17.7. The zero-order chi connectivity index (χ0) is 45.9. The van der Waals surface area contributed by atoms with Crippen LogP contribution >= 0.6 is 0 Å². The number of amides is 1. The van der Waals surface area contributed by atoms with Crippen molar-refractivity contribution >= 4 is 11.9 Å². The normalized spacial score (nSPS) is 13.9. The molecule has 3 unspecified atom stereocenters. The van der Waals surface area contributed by atoms with E-state index in [-0.39, 0.29) is 24.9 Å². The molecule has 0 radical (unpaired) electrons. The lowest BCUT2D eigenvalue weighted by Gasteiger charge is -2.24. The molecule has 0 bridgehead atoms. The van der Waals surface area contributed by atoms with Gasteiger partial charge in [0.15, 0.2) is 0 Å². The predicted octanol–water partition coefficient (Wildman–Crippen LogP) is 16.0. The summed E-state index contributed by atoms with van der Waals surface area (Å²) in [6.07, 6.45) is 65.0. The number of aliphatic hydroxyl groups is 2. The number of carbonyl (C=O) groups is 2. The number of rotatable bonds is 46. The largest absolute Gasteiger partial charge is 0.462 e. The third-order valence-electron chi connectivity index (χ3n) is 11.6. The maximum Gasteiger partial charge on any atom is 0.306 e. The summed E-state index contributed by atoms with van der Waals surface area (Å²) < 4.78 is 5.89. The molecule has 6 heteroatoms. The van der Waals surface area contributed by atoms with Crippen LogP contribution in [0.4, 0.5) is 0 Å². The first-order valence-corrected chi connectivity index (χ1v) is 26.4. The van der Waals surface area contributed by atoms with Crippen molar-refractivity contribution < 1.29 is 24.5 Å². The molecule has 6 nitrogen and oxygen atoms in total. The average Bonchev–Trinajstić information content (AvgIpc) is 3.28. The fourth-order valence-electron chi connectivity index (χ4n) is 7.64. The molecule has 63 heavy (non-hydrogen) atoms. The summed E-state index contributed by atoms with van der Waals surface area (Å²) in [5.74, 6) is -0.562. The number of carbonyl (C=O) groups excluding carboxylic acids is 2. The van der Waals surface area contributed by atoms with E-state index in [4.69, 9.17) is 4.74 Å². The number of hydrogen-bond acceptors (Lipinski definition) is 5. The number of hydrogen-bond donors (Lipinski definition) is 3. The van der Waals surface area contributed by atoms with Gasteiger partial charge in [-0.05, 0) is 64.2 Å². The highest BCUT2D eigenvalue weighted by Gasteiger charge is 2.24. The highest BCUT2D eigenvalue weighted by Crippen LogP contribution is 2.17. The Balaban J connectivity index is 4.67. The van der Waals surface area contributed by atoms with Crippen LogP contribution < -0.4 is 5.32 Å². The second-order valence-electron chi connectivity index (χ2n) is 17.7. The molecule has 1 amide bonds. The number of allylic oxidation sites excluding steroid dienone is 14. The van der Waals surface area contributed by atoms with Crippen molar-refractivity contribution in [1.82, 2.24) is 5.32 Å². The quantitative estimate of drug-likeness (QED) is 0.0245. The van der Waals surface area contributed by atoms with Gasteiger partial charge >= 0.3 is 5.97 Å². The van der Waals surface area contributed by atoms with E-state index in [0.717, 1.165) is 64.2 Å². The lowest BCUT2D eigenvalue weighted by atomic mass is 10.0. The van der Waals surface area contributed by atoms with Crippen LogP contribution in [0.15, 0.2) is 85.1 Å². The minimum absolute atomic E-state index is 0.0199. The summed E-state index contributed by atoms with van der Waals surface area (Å²) in [4.78, 5) is 26.1.